The molecule has 3 heteroatoms. The fourth-order valence-corrected chi connectivity index (χ4v) is 1.32. The van der Waals surface area contributed by atoms with Crippen molar-refractivity contribution in [1.29, 1.82) is 0 Å². The highest BCUT2D eigenvalue weighted by Gasteiger charge is 2.02. The molecule has 1 N–H and O–H groups in total. The van der Waals surface area contributed by atoms with Gasteiger partial charge < -0.3 is 5.11 Å². The Bertz CT molecular complexity index is 188. The maximum atomic E-state index is 9.22. The van der Waals surface area contributed by atoms with Gasteiger partial charge in [-0.3, -0.25) is 0 Å². The molecule has 1 aromatic rings. The molecule has 0 aliphatic rings. The van der Waals surface area contributed by atoms with Gasteiger partial charge in [0.15, 0.2) is 0 Å². The zero-order valence-corrected chi connectivity index (χ0v) is 6.98. The second kappa shape index (κ2) is 3.91. The van der Waals surface area contributed by atoms with Gasteiger partial charge in [-0.1, -0.05) is 41.1 Å². The molecule has 0 amide bonds. The maximum absolute atomic E-state index is 9.22. The molecule has 1 unspecified atom stereocenters. The van der Waals surface area contributed by atoms with E-state index in [-0.39, 0.29) is 0 Å². The molecular weight excluding hydrogens is 164 g/mol. The molecule has 1 nitrogen and oxygen atoms in total. The standard InChI is InChI=1S/C7H8OS2/c8-7(10-9)6-4-2-1-3-5-6/h1-5,7-9H. The van der Waals surface area contributed by atoms with E-state index in [0.29, 0.717) is 0 Å². The van der Waals surface area contributed by atoms with Crippen LogP contribution >= 0.6 is 22.5 Å². The third-order valence-corrected chi connectivity index (χ3v) is 2.26. The van der Waals surface area contributed by atoms with Crippen molar-refractivity contribution in [2.45, 2.75) is 5.44 Å². The lowest BCUT2D eigenvalue weighted by molar-refractivity contribution is 0.272. The summed E-state index contributed by atoms with van der Waals surface area (Å²) in [7, 11) is 1.13. The van der Waals surface area contributed by atoms with Crippen molar-refractivity contribution in [2.75, 3.05) is 0 Å². The van der Waals surface area contributed by atoms with Gasteiger partial charge in [-0.05, 0) is 5.56 Å². The van der Waals surface area contributed by atoms with Gasteiger partial charge in [0, 0.05) is 0 Å². The van der Waals surface area contributed by atoms with Gasteiger partial charge in [0.25, 0.3) is 0 Å². The number of hydrogen-bond donors (Lipinski definition) is 2. The third-order valence-electron chi connectivity index (χ3n) is 1.18. The van der Waals surface area contributed by atoms with Crippen LogP contribution in [0.25, 0.3) is 0 Å². The SMILES string of the molecule is OC(SS)c1ccccc1. The van der Waals surface area contributed by atoms with E-state index in [1.54, 1.807) is 0 Å². The van der Waals surface area contributed by atoms with Crippen LogP contribution in [0.5, 0.6) is 0 Å². The summed E-state index contributed by atoms with van der Waals surface area (Å²) in [5.41, 5.74) is 0.382. The molecule has 10 heavy (non-hydrogen) atoms. The third kappa shape index (κ3) is 1.94. The predicted octanol–water partition coefficient (Wildman–Crippen LogP) is 2.26. The van der Waals surface area contributed by atoms with E-state index in [0.717, 1.165) is 16.4 Å². The molecule has 0 saturated heterocycles. The van der Waals surface area contributed by atoms with Crippen LogP contribution < -0.4 is 0 Å². The van der Waals surface area contributed by atoms with Crippen molar-refractivity contribution in [3.8, 4) is 0 Å². The van der Waals surface area contributed by atoms with E-state index in [9.17, 15) is 5.11 Å². The lowest BCUT2D eigenvalue weighted by Crippen LogP contribution is -1.87. The van der Waals surface area contributed by atoms with Crippen molar-refractivity contribution in [2.24, 2.45) is 0 Å². The van der Waals surface area contributed by atoms with Crippen LogP contribution in [0, 0.1) is 0 Å². The molecule has 0 aliphatic carbocycles. The van der Waals surface area contributed by atoms with E-state index < -0.39 is 5.44 Å². The zero-order chi connectivity index (χ0) is 7.40. The van der Waals surface area contributed by atoms with Crippen molar-refractivity contribution < 1.29 is 5.11 Å². The molecule has 0 heterocycles. The molecular formula is C7H8OS2. The first-order valence-electron chi connectivity index (χ1n) is 2.88. The smallest absolute Gasteiger partial charge is 0.134 e. The minimum absolute atomic E-state index is 0.510. The monoisotopic (exact) mass is 172 g/mol. The Kier molecular flexibility index (Phi) is 3.12. The number of thiol groups is 1. The highest BCUT2D eigenvalue weighted by molar-refractivity contribution is 8.68. The quantitative estimate of drug-likeness (QED) is 0.405. The van der Waals surface area contributed by atoms with Gasteiger partial charge in [-0.25, -0.2) is 0 Å². The Morgan fingerprint density at radius 1 is 1.30 bits per heavy atom. The summed E-state index contributed by atoms with van der Waals surface area (Å²) in [4.78, 5) is 0. The van der Waals surface area contributed by atoms with Crippen LogP contribution in [-0.2, 0) is 0 Å². The topological polar surface area (TPSA) is 20.2 Å². The Hall–Kier alpha value is -0.120. The Balaban J connectivity index is 2.75. The zero-order valence-electron chi connectivity index (χ0n) is 5.27. The molecule has 1 aromatic carbocycles. The summed E-state index contributed by atoms with van der Waals surface area (Å²) in [5, 5.41) is 9.22. The summed E-state index contributed by atoms with van der Waals surface area (Å²) < 4.78 is 0. The number of rotatable bonds is 2. The van der Waals surface area contributed by atoms with Crippen LogP contribution in [0.2, 0.25) is 0 Å². The van der Waals surface area contributed by atoms with Gasteiger partial charge in [-0.2, -0.15) is 0 Å². The van der Waals surface area contributed by atoms with Gasteiger partial charge in [0.05, 0.1) is 0 Å². The van der Waals surface area contributed by atoms with Crippen LogP contribution in [0.1, 0.15) is 11.0 Å². The second-order valence-electron chi connectivity index (χ2n) is 1.87. The van der Waals surface area contributed by atoms with Crippen LogP contribution in [-0.4, -0.2) is 5.11 Å². The molecule has 0 saturated carbocycles. The molecule has 0 bridgehead atoms. The second-order valence-corrected chi connectivity index (χ2v) is 3.16. The van der Waals surface area contributed by atoms with Crippen molar-refractivity contribution in [1.82, 2.24) is 0 Å². The molecule has 0 aromatic heterocycles. The highest BCUT2D eigenvalue weighted by Crippen LogP contribution is 2.27. The van der Waals surface area contributed by atoms with Crippen molar-refractivity contribution >= 4 is 22.5 Å². The molecule has 0 radical (unpaired) electrons. The Labute approximate surface area is 69.3 Å². The molecule has 1 rings (SSSR count). The lowest BCUT2D eigenvalue weighted by atomic mass is 10.2. The van der Waals surface area contributed by atoms with E-state index in [1.165, 1.54) is 0 Å². The molecule has 0 fully saturated rings. The molecule has 1 atom stereocenters. The minimum Gasteiger partial charge on any atom is -0.377 e. The first-order chi connectivity index (χ1) is 4.84. The first kappa shape index (κ1) is 7.98. The van der Waals surface area contributed by atoms with Gasteiger partial charge in [0.2, 0.25) is 0 Å². The lowest BCUT2D eigenvalue weighted by Gasteiger charge is -2.04. The number of aliphatic hydroxyl groups is 1. The van der Waals surface area contributed by atoms with Crippen LogP contribution in [0.4, 0.5) is 0 Å². The van der Waals surface area contributed by atoms with Crippen LogP contribution in [0.15, 0.2) is 30.3 Å². The van der Waals surface area contributed by atoms with Gasteiger partial charge >= 0.3 is 0 Å². The summed E-state index contributed by atoms with van der Waals surface area (Å²) >= 11 is 3.89. The van der Waals surface area contributed by atoms with E-state index in [4.69, 9.17) is 0 Å². The number of hydrogen-bond acceptors (Lipinski definition) is 3. The molecule has 0 aliphatic heterocycles. The largest absolute Gasteiger partial charge is 0.377 e. The van der Waals surface area contributed by atoms with Crippen molar-refractivity contribution in [3.63, 3.8) is 0 Å². The number of benzene rings is 1. The minimum atomic E-state index is -0.510. The first-order valence-corrected chi connectivity index (χ1v) is 4.81. The van der Waals surface area contributed by atoms with Crippen molar-refractivity contribution in [3.05, 3.63) is 35.9 Å². The molecule has 54 valence electrons. The maximum Gasteiger partial charge on any atom is 0.134 e. The van der Waals surface area contributed by atoms with E-state index in [1.807, 2.05) is 30.3 Å². The average Bonchev–Trinajstić information content (AvgIpc) is 2.05. The summed E-state index contributed by atoms with van der Waals surface area (Å²) in [6, 6.07) is 9.44. The summed E-state index contributed by atoms with van der Waals surface area (Å²) in [6.07, 6.45) is 0. The predicted molar refractivity (Wildman–Crippen MR) is 48.0 cm³/mol. The summed E-state index contributed by atoms with van der Waals surface area (Å²) in [6.45, 7) is 0. The highest BCUT2D eigenvalue weighted by atomic mass is 33.1. The number of aliphatic hydroxyl groups excluding tert-OH is 1. The van der Waals surface area contributed by atoms with Crippen LogP contribution in [0.3, 0.4) is 0 Å². The Morgan fingerprint density at radius 2 is 1.90 bits per heavy atom. The molecule has 0 spiro atoms. The normalized spacial score (nSPS) is 13.0. The van der Waals surface area contributed by atoms with E-state index in [2.05, 4.69) is 11.7 Å². The fourth-order valence-electron chi connectivity index (χ4n) is 0.679. The summed E-state index contributed by atoms with van der Waals surface area (Å²) in [5.74, 6) is 0. The fraction of sp³-hybridized carbons (Fsp3) is 0.143. The average molecular weight is 172 g/mol. The Morgan fingerprint density at radius 3 is 2.40 bits per heavy atom. The van der Waals surface area contributed by atoms with Gasteiger partial charge in [-0.15, -0.1) is 11.7 Å². The van der Waals surface area contributed by atoms with E-state index >= 15 is 0 Å². The van der Waals surface area contributed by atoms with Gasteiger partial charge in [0.1, 0.15) is 5.44 Å².